The molecule has 0 saturated heterocycles. The fourth-order valence-electron chi connectivity index (χ4n) is 3.94. The van der Waals surface area contributed by atoms with E-state index in [9.17, 15) is 0 Å². The van der Waals surface area contributed by atoms with Crippen LogP contribution in [0.1, 0.15) is 44.7 Å². The highest BCUT2D eigenvalue weighted by atomic mass is 32.1. The Morgan fingerprint density at radius 1 is 1.12 bits per heavy atom. The van der Waals surface area contributed by atoms with Crippen molar-refractivity contribution in [3.63, 3.8) is 0 Å². The lowest BCUT2D eigenvalue weighted by Gasteiger charge is -2.37. The number of methoxy groups -OCH3 is 1. The van der Waals surface area contributed by atoms with Crippen LogP contribution < -0.4 is 14.8 Å². The maximum absolute atomic E-state index is 5.79. The van der Waals surface area contributed by atoms with Gasteiger partial charge in [-0.25, -0.2) is 0 Å². The Kier molecular flexibility index (Phi) is 6.93. The largest absolute Gasteiger partial charge is 0.497 e. The van der Waals surface area contributed by atoms with Gasteiger partial charge in [0, 0.05) is 17.8 Å². The van der Waals surface area contributed by atoms with Crippen LogP contribution in [0.3, 0.4) is 0 Å². The first-order valence-electron chi connectivity index (χ1n) is 11.1. The number of allylic oxidation sites excluding steroid dienone is 1. The summed E-state index contributed by atoms with van der Waals surface area (Å²) in [6, 6.07) is 15.3. The summed E-state index contributed by atoms with van der Waals surface area (Å²) in [6.45, 7) is 7.55. The summed E-state index contributed by atoms with van der Waals surface area (Å²) < 4.78 is 16.8. The van der Waals surface area contributed by atoms with E-state index in [1.807, 2.05) is 62.4 Å². The van der Waals surface area contributed by atoms with Crippen LogP contribution in [0.5, 0.6) is 11.5 Å². The lowest BCUT2D eigenvalue weighted by molar-refractivity contribution is 0.340. The zero-order chi connectivity index (χ0) is 23.4. The molecule has 172 valence electrons. The van der Waals surface area contributed by atoms with Crippen LogP contribution in [0.4, 0.5) is 0 Å². The Balaban J connectivity index is 1.76. The number of hydrogen-bond acceptors (Lipinski definition) is 6. The van der Waals surface area contributed by atoms with Gasteiger partial charge in [-0.2, -0.15) is 4.98 Å². The van der Waals surface area contributed by atoms with Crippen molar-refractivity contribution >= 4 is 22.9 Å². The fourth-order valence-corrected chi connectivity index (χ4v) is 4.29. The molecule has 1 N–H and O–H groups in total. The van der Waals surface area contributed by atoms with Crippen molar-refractivity contribution < 1.29 is 14.0 Å². The number of ether oxygens (including phenoxy) is 2. The third-order valence-electron chi connectivity index (χ3n) is 5.55. The topological polar surface area (TPSA) is 72.7 Å². The molecule has 1 atom stereocenters. The summed E-state index contributed by atoms with van der Waals surface area (Å²) in [4.78, 5) is 6.84. The summed E-state index contributed by atoms with van der Waals surface area (Å²) >= 11 is 5.70. The molecule has 3 aromatic rings. The van der Waals surface area contributed by atoms with Gasteiger partial charge in [0.05, 0.1) is 25.3 Å². The minimum absolute atomic E-state index is 0.241. The Morgan fingerprint density at radius 3 is 2.61 bits per heavy atom. The molecule has 0 saturated carbocycles. The van der Waals surface area contributed by atoms with E-state index in [0.29, 0.717) is 23.4 Å². The zero-order valence-electron chi connectivity index (χ0n) is 19.3. The van der Waals surface area contributed by atoms with Crippen LogP contribution >= 0.6 is 12.2 Å². The van der Waals surface area contributed by atoms with Gasteiger partial charge in [0.2, 0.25) is 5.82 Å². The summed E-state index contributed by atoms with van der Waals surface area (Å²) in [6.07, 6.45) is 0.956. The van der Waals surface area contributed by atoms with E-state index in [4.69, 9.17) is 31.2 Å². The minimum atomic E-state index is -0.241. The van der Waals surface area contributed by atoms with Crippen LogP contribution in [0.25, 0.3) is 17.0 Å². The van der Waals surface area contributed by atoms with Gasteiger partial charge in [-0.3, -0.25) is 0 Å². The average Bonchev–Trinajstić information content (AvgIpc) is 3.32. The summed E-state index contributed by atoms with van der Waals surface area (Å²) in [5, 5.41) is 8.40. The maximum atomic E-state index is 5.79. The molecule has 0 radical (unpaired) electrons. The number of benzene rings is 2. The van der Waals surface area contributed by atoms with E-state index in [1.54, 1.807) is 7.11 Å². The first kappa shape index (κ1) is 22.8. The summed E-state index contributed by atoms with van der Waals surface area (Å²) in [5.41, 5.74) is 3.75. The van der Waals surface area contributed by atoms with Gasteiger partial charge in [0.1, 0.15) is 11.5 Å². The molecule has 1 aliphatic heterocycles. The Morgan fingerprint density at radius 2 is 1.91 bits per heavy atom. The van der Waals surface area contributed by atoms with Crippen molar-refractivity contribution in [3.8, 4) is 22.9 Å². The fraction of sp³-hybridized carbons (Fsp3) is 0.320. The number of rotatable bonds is 8. The molecule has 1 unspecified atom stereocenters. The molecule has 1 aromatic heterocycles. The van der Waals surface area contributed by atoms with E-state index in [-0.39, 0.29) is 6.04 Å². The Hall–Kier alpha value is -3.39. The number of nitrogens with zero attached hydrogens (tertiary/aromatic N) is 3. The van der Waals surface area contributed by atoms with Crippen LogP contribution in [-0.4, -0.2) is 40.4 Å². The molecule has 8 heteroatoms. The molecule has 1 aliphatic rings. The second-order valence-electron chi connectivity index (χ2n) is 7.69. The van der Waals surface area contributed by atoms with Gasteiger partial charge in [0.25, 0.3) is 5.89 Å². The van der Waals surface area contributed by atoms with E-state index in [0.717, 1.165) is 46.9 Å². The molecule has 0 aliphatic carbocycles. The smallest absolute Gasteiger partial charge is 0.258 e. The molecule has 2 heterocycles. The van der Waals surface area contributed by atoms with E-state index < -0.39 is 0 Å². The van der Waals surface area contributed by atoms with Crippen LogP contribution in [0.2, 0.25) is 0 Å². The monoisotopic (exact) mass is 464 g/mol. The van der Waals surface area contributed by atoms with Gasteiger partial charge in [-0.1, -0.05) is 24.2 Å². The van der Waals surface area contributed by atoms with Gasteiger partial charge in [0.15, 0.2) is 5.11 Å². The molecule has 0 amide bonds. The van der Waals surface area contributed by atoms with Crippen molar-refractivity contribution in [1.29, 1.82) is 0 Å². The highest BCUT2D eigenvalue weighted by molar-refractivity contribution is 7.80. The van der Waals surface area contributed by atoms with Gasteiger partial charge in [-0.15, -0.1) is 0 Å². The van der Waals surface area contributed by atoms with E-state index >= 15 is 0 Å². The van der Waals surface area contributed by atoms with E-state index in [1.165, 1.54) is 0 Å². The molecule has 2 aromatic carbocycles. The summed E-state index contributed by atoms with van der Waals surface area (Å²) in [5.74, 6) is 2.56. The van der Waals surface area contributed by atoms with Gasteiger partial charge >= 0.3 is 0 Å². The first-order chi connectivity index (χ1) is 16.0. The van der Waals surface area contributed by atoms with Crippen LogP contribution in [0, 0.1) is 0 Å². The van der Waals surface area contributed by atoms with Crippen molar-refractivity contribution in [2.45, 2.75) is 33.2 Å². The van der Waals surface area contributed by atoms with Crippen molar-refractivity contribution in [1.82, 2.24) is 20.4 Å². The first-order valence-corrected chi connectivity index (χ1v) is 11.5. The number of thiocarbonyl (C=S) groups is 1. The third kappa shape index (κ3) is 4.71. The Labute approximate surface area is 199 Å². The molecular weight excluding hydrogens is 436 g/mol. The standard InChI is InChI=1S/C25H28N4O3S/c1-5-14-29-16(3)21(22(26-25(29)33)18-8-7-9-20(15-18)30-4)24-27-23(28-32-24)17-10-12-19(13-11-17)31-6-2/h7-13,15,22H,5-6,14H2,1-4H3,(H,26,33). The SMILES string of the molecule is CCCN1C(=S)NC(c2cccc(OC)c2)C(c2nc(-c3ccc(OCC)cc3)no2)=C1C. The number of aromatic nitrogens is 2. The van der Waals surface area contributed by atoms with Crippen LogP contribution in [-0.2, 0) is 0 Å². The van der Waals surface area contributed by atoms with Crippen molar-refractivity contribution in [3.05, 3.63) is 65.7 Å². The molecule has 4 rings (SSSR count). The molecule has 0 spiro atoms. The van der Waals surface area contributed by atoms with Crippen molar-refractivity contribution in [2.75, 3.05) is 20.3 Å². The normalized spacial score (nSPS) is 16.1. The highest BCUT2D eigenvalue weighted by Gasteiger charge is 2.34. The second-order valence-corrected chi connectivity index (χ2v) is 8.08. The van der Waals surface area contributed by atoms with E-state index in [2.05, 4.69) is 22.3 Å². The molecule has 0 bridgehead atoms. The molecule has 33 heavy (non-hydrogen) atoms. The van der Waals surface area contributed by atoms with Crippen molar-refractivity contribution in [2.24, 2.45) is 0 Å². The third-order valence-corrected chi connectivity index (χ3v) is 5.89. The molecule has 7 nitrogen and oxygen atoms in total. The minimum Gasteiger partial charge on any atom is -0.497 e. The van der Waals surface area contributed by atoms with Gasteiger partial charge < -0.3 is 24.2 Å². The van der Waals surface area contributed by atoms with Crippen LogP contribution in [0.15, 0.2) is 58.8 Å². The lowest BCUT2D eigenvalue weighted by atomic mass is 9.94. The Bertz CT molecular complexity index is 1160. The number of nitrogens with one attached hydrogen (secondary N) is 1. The second kappa shape index (κ2) is 10.0. The predicted molar refractivity (Wildman–Crippen MR) is 132 cm³/mol. The maximum Gasteiger partial charge on any atom is 0.258 e. The quantitative estimate of drug-likeness (QED) is 0.455. The zero-order valence-corrected chi connectivity index (χ0v) is 20.1. The molecular formula is C25H28N4O3S. The predicted octanol–water partition coefficient (Wildman–Crippen LogP) is 5.22. The summed E-state index contributed by atoms with van der Waals surface area (Å²) in [7, 11) is 1.66. The highest BCUT2D eigenvalue weighted by Crippen LogP contribution is 2.38. The van der Waals surface area contributed by atoms with Gasteiger partial charge in [-0.05, 0) is 74.4 Å². The lowest BCUT2D eigenvalue weighted by Crippen LogP contribution is -2.46. The molecule has 0 fully saturated rings. The average molecular weight is 465 g/mol. The number of hydrogen-bond donors (Lipinski definition) is 1.